The molecule has 2 aromatic heterocycles. The summed E-state index contributed by atoms with van der Waals surface area (Å²) in [5.41, 5.74) is 7.19. The Bertz CT molecular complexity index is 522. The van der Waals surface area contributed by atoms with Crippen molar-refractivity contribution in [3.05, 3.63) is 18.0 Å². The summed E-state index contributed by atoms with van der Waals surface area (Å²) in [6.07, 6.45) is 2.48. The summed E-state index contributed by atoms with van der Waals surface area (Å²) in [5, 5.41) is 0. The zero-order valence-corrected chi connectivity index (χ0v) is 9.10. The Morgan fingerprint density at radius 3 is 3.00 bits per heavy atom. The molecular weight excluding hydrogens is 204 g/mol. The van der Waals surface area contributed by atoms with Gasteiger partial charge in [-0.25, -0.2) is 9.97 Å². The van der Waals surface area contributed by atoms with Crippen molar-refractivity contribution < 1.29 is 4.74 Å². The molecule has 0 aliphatic carbocycles. The number of rotatable bonds is 1. The number of nitrogen functional groups attached to an aromatic ring is 1. The van der Waals surface area contributed by atoms with Gasteiger partial charge in [-0.1, -0.05) is 0 Å². The van der Waals surface area contributed by atoms with E-state index in [4.69, 9.17) is 10.5 Å². The summed E-state index contributed by atoms with van der Waals surface area (Å²) in [7, 11) is 0. The van der Waals surface area contributed by atoms with Crippen molar-refractivity contribution >= 4 is 17.0 Å². The molecular formula is C11H14N4O. The molecule has 5 nitrogen and oxygen atoms in total. The van der Waals surface area contributed by atoms with E-state index >= 15 is 0 Å². The minimum atomic E-state index is 0.0745. The number of aromatic nitrogens is 3. The topological polar surface area (TPSA) is 76.8 Å². The molecule has 3 heterocycles. The lowest BCUT2D eigenvalue weighted by Gasteiger charge is -2.06. The third kappa shape index (κ3) is 1.53. The standard InChI is InChI=1S/C11H14N4O/c1-6-2-4-8(16-6)11-13-7-3-5-9(12)14-10(7)15-11/h3,5-6,8H,2,4H2,1H3,(H3,12,13,14,15). The van der Waals surface area contributed by atoms with Crippen molar-refractivity contribution in [2.75, 3.05) is 5.73 Å². The van der Waals surface area contributed by atoms with Crippen LogP contribution in [0.2, 0.25) is 0 Å². The Hall–Kier alpha value is -1.62. The van der Waals surface area contributed by atoms with Crippen molar-refractivity contribution in [2.24, 2.45) is 0 Å². The fourth-order valence-electron chi connectivity index (χ4n) is 2.08. The minimum absolute atomic E-state index is 0.0745. The lowest BCUT2D eigenvalue weighted by Crippen LogP contribution is -2.02. The highest BCUT2D eigenvalue weighted by molar-refractivity contribution is 5.72. The number of pyridine rings is 1. The Balaban J connectivity index is 1.99. The van der Waals surface area contributed by atoms with Gasteiger partial charge in [-0.15, -0.1) is 0 Å². The summed E-state index contributed by atoms with van der Waals surface area (Å²) < 4.78 is 5.75. The van der Waals surface area contributed by atoms with Gasteiger partial charge in [0.25, 0.3) is 0 Å². The highest BCUT2D eigenvalue weighted by Crippen LogP contribution is 2.31. The molecule has 1 aliphatic rings. The molecule has 1 saturated heterocycles. The summed E-state index contributed by atoms with van der Waals surface area (Å²) in [5.74, 6) is 1.35. The Labute approximate surface area is 93.0 Å². The molecule has 0 amide bonds. The molecule has 3 rings (SSSR count). The number of ether oxygens (including phenoxy) is 1. The van der Waals surface area contributed by atoms with Crippen LogP contribution in [0.15, 0.2) is 12.1 Å². The maximum Gasteiger partial charge on any atom is 0.179 e. The molecule has 16 heavy (non-hydrogen) atoms. The highest BCUT2D eigenvalue weighted by Gasteiger charge is 2.26. The lowest BCUT2D eigenvalue weighted by molar-refractivity contribution is 0.0510. The number of hydrogen-bond acceptors (Lipinski definition) is 4. The van der Waals surface area contributed by atoms with Crippen LogP contribution in [0.1, 0.15) is 31.7 Å². The number of imidazole rings is 1. The van der Waals surface area contributed by atoms with Crippen LogP contribution >= 0.6 is 0 Å². The van der Waals surface area contributed by atoms with Gasteiger partial charge in [0.1, 0.15) is 17.7 Å². The molecule has 2 unspecified atom stereocenters. The van der Waals surface area contributed by atoms with E-state index in [2.05, 4.69) is 21.9 Å². The zero-order chi connectivity index (χ0) is 11.1. The molecule has 84 valence electrons. The molecule has 1 aliphatic heterocycles. The number of nitrogens with one attached hydrogen (secondary N) is 1. The quantitative estimate of drug-likeness (QED) is 0.764. The molecule has 0 radical (unpaired) electrons. The van der Waals surface area contributed by atoms with E-state index in [1.54, 1.807) is 6.07 Å². The Morgan fingerprint density at radius 1 is 1.38 bits per heavy atom. The first-order chi connectivity index (χ1) is 7.72. The van der Waals surface area contributed by atoms with Crippen LogP contribution in [-0.2, 0) is 4.74 Å². The van der Waals surface area contributed by atoms with E-state index in [1.807, 2.05) is 6.07 Å². The molecule has 1 fully saturated rings. The van der Waals surface area contributed by atoms with Crippen LogP contribution in [0.3, 0.4) is 0 Å². The fourth-order valence-corrected chi connectivity index (χ4v) is 2.08. The first kappa shape index (κ1) is 9.59. The Morgan fingerprint density at radius 2 is 2.25 bits per heavy atom. The number of H-pyrrole nitrogens is 1. The third-order valence-electron chi connectivity index (χ3n) is 2.92. The van der Waals surface area contributed by atoms with Gasteiger partial charge in [0, 0.05) is 0 Å². The molecule has 3 N–H and O–H groups in total. The van der Waals surface area contributed by atoms with Crippen molar-refractivity contribution in [1.29, 1.82) is 0 Å². The van der Waals surface area contributed by atoms with Gasteiger partial charge in [-0.2, -0.15) is 0 Å². The number of anilines is 1. The second-order valence-electron chi connectivity index (χ2n) is 4.24. The number of hydrogen-bond donors (Lipinski definition) is 2. The fraction of sp³-hybridized carbons (Fsp3) is 0.455. The Kier molecular flexibility index (Phi) is 2.07. The van der Waals surface area contributed by atoms with Gasteiger partial charge in [-0.05, 0) is 31.9 Å². The first-order valence-electron chi connectivity index (χ1n) is 5.50. The van der Waals surface area contributed by atoms with Gasteiger partial charge in [0.15, 0.2) is 5.65 Å². The monoisotopic (exact) mass is 218 g/mol. The predicted molar refractivity (Wildman–Crippen MR) is 60.8 cm³/mol. The predicted octanol–water partition coefficient (Wildman–Crippen LogP) is 1.78. The van der Waals surface area contributed by atoms with Gasteiger partial charge in [0.2, 0.25) is 0 Å². The zero-order valence-electron chi connectivity index (χ0n) is 9.10. The van der Waals surface area contributed by atoms with Gasteiger partial charge >= 0.3 is 0 Å². The van der Waals surface area contributed by atoms with Gasteiger partial charge < -0.3 is 15.5 Å². The van der Waals surface area contributed by atoms with Crippen molar-refractivity contribution in [1.82, 2.24) is 15.0 Å². The maximum atomic E-state index is 5.75. The van der Waals surface area contributed by atoms with Crippen LogP contribution in [0, 0.1) is 0 Å². The number of nitrogens with two attached hydrogens (primary N) is 1. The van der Waals surface area contributed by atoms with Crippen molar-refractivity contribution in [2.45, 2.75) is 32.0 Å². The highest BCUT2D eigenvalue weighted by atomic mass is 16.5. The van der Waals surface area contributed by atoms with E-state index in [0.29, 0.717) is 17.6 Å². The van der Waals surface area contributed by atoms with E-state index in [1.165, 1.54) is 0 Å². The number of fused-ring (bicyclic) bond motifs is 1. The lowest BCUT2D eigenvalue weighted by atomic mass is 10.2. The molecule has 0 aromatic carbocycles. The minimum Gasteiger partial charge on any atom is -0.384 e. The van der Waals surface area contributed by atoms with E-state index in [0.717, 1.165) is 24.2 Å². The number of nitrogens with zero attached hydrogens (tertiary/aromatic N) is 2. The van der Waals surface area contributed by atoms with Crippen molar-refractivity contribution in [3.63, 3.8) is 0 Å². The average Bonchev–Trinajstić information content (AvgIpc) is 2.83. The normalized spacial score (nSPS) is 25.3. The van der Waals surface area contributed by atoms with Crippen LogP contribution in [-0.4, -0.2) is 21.1 Å². The van der Waals surface area contributed by atoms with Crippen LogP contribution in [0.5, 0.6) is 0 Å². The van der Waals surface area contributed by atoms with E-state index in [9.17, 15) is 0 Å². The van der Waals surface area contributed by atoms with Crippen LogP contribution < -0.4 is 5.73 Å². The molecule has 2 atom stereocenters. The van der Waals surface area contributed by atoms with Crippen molar-refractivity contribution in [3.8, 4) is 0 Å². The van der Waals surface area contributed by atoms with Gasteiger partial charge in [-0.3, -0.25) is 0 Å². The third-order valence-corrected chi connectivity index (χ3v) is 2.92. The van der Waals surface area contributed by atoms with E-state index < -0.39 is 0 Å². The summed E-state index contributed by atoms with van der Waals surface area (Å²) in [6.45, 7) is 2.08. The van der Waals surface area contributed by atoms with Crippen LogP contribution in [0.4, 0.5) is 5.82 Å². The van der Waals surface area contributed by atoms with E-state index in [-0.39, 0.29) is 6.10 Å². The second kappa shape index (κ2) is 3.45. The largest absolute Gasteiger partial charge is 0.384 e. The maximum absolute atomic E-state index is 5.75. The molecule has 0 spiro atoms. The number of aromatic amines is 1. The summed E-state index contributed by atoms with van der Waals surface area (Å²) in [4.78, 5) is 11.8. The molecule has 0 saturated carbocycles. The van der Waals surface area contributed by atoms with Crippen LogP contribution in [0.25, 0.3) is 11.2 Å². The van der Waals surface area contributed by atoms with Gasteiger partial charge in [0.05, 0.1) is 11.6 Å². The molecule has 2 aromatic rings. The first-order valence-corrected chi connectivity index (χ1v) is 5.50. The summed E-state index contributed by atoms with van der Waals surface area (Å²) >= 11 is 0. The smallest absolute Gasteiger partial charge is 0.179 e. The summed E-state index contributed by atoms with van der Waals surface area (Å²) in [6, 6.07) is 3.66. The average molecular weight is 218 g/mol. The molecule has 5 heteroatoms. The second-order valence-corrected chi connectivity index (χ2v) is 4.24. The SMILES string of the molecule is CC1CCC(c2nc3nc(N)ccc3[nH]2)O1. The molecule has 0 bridgehead atoms.